The van der Waals surface area contributed by atoms with Crippen LogP contribution in [0.3, 0.4) is 0 Å². The van der Waals surface area contributed by atoms with Crippen LogP contribution in [0.4, 0.5) is 14.5 Å². The van der Waals surface area contributed by atoms with Crippen LogP contribution >= 0.6 is 11.6 Å². The van der Waals surface area contributed by atoms with Gasteiger partial charge in [-0.05, 0) is 11.6 Å². The number of rotatable bonds is 2. The standard InChI is InChI=1S/C8H7ClF2N2O2S/c9-6-3-1-2-5-4-8(10,11)13(7(5)6)12-16(14)15/h1-3,12H,4H2,(H,14,15)/p-1. The van der Waals surface area contributed by atoms with Gasteiger partial charge in [-0.1, -0.05) is 23.7 Å². The van der Waals surface area contributed by atoms with Gasteiger partial charge in [-0.2, -0.15) is 13.6 Å². The van der Waals surface area contributed by atoms with Gasteiger partial charge >= 0.3 is 6.05 Å². The Morgan fingerprint density at radius 2 is 2.25 bits per heavy atom. The topological polar surface area (TPSA) is 55.4 Å². The molecule has 8 heteroatoms. The summed E-state index contributed by atoms with van der Waals surface area (Å²) in [4.78, 5) is 1.64. The van der Waals surface area contributed by atoms with E-state index in [2.05, 4.69) is 0 Å². The Kier molecular flexibility index (Phi) is 2.87. The molecule has 1 heterocycles. The van der Waals surface area contributed by atoms with Crippen LogP contribution in [0, 0.1) is 0 Å². The van der Waals surface area contributed by atoms with E-state index in [1.54, 1.807) is 4.83 Å². The van der Waals surface area contributed by atoms with Crippen molar-refractivity contribution in [3.05, 3.63) is 28.8 Å². The second-order valence-electron chi connectivity index (χ2n) is 3.25. The first-order valence-corrected chi connectivity index (χ1v) is 5.68. The summed E-state index contributed by atoms with van der Waals surface area (Å²) in [5.74, 6) is 0. The normalized spacial score (nSPS) is 19.6. The zero-order valence-electron chi connectivity index (χ0n) is 7.75. The Balaban J connectivity index is 2.47. The fraction of sp³-hybridized carbons (Fsp3) is 0.250. The molecule has 88 valence electrons. The molecule has 1 aromatic rings. The molecule has 16 heavy (non-hydrogen) atoms. The maximum absolute atomic E-state index is 13.5. The van der Waals surface area contributed by atoms with Gasteiger partial charge in [0.05, 0.1) is 17.1 Å². The second kappa shape index (κ2) is 3.92. The van der Waals surface area contributed by atoms with E-state index in [0.29, 0.717) is 5.56 Å². The van der Waals surface area contributed by atoms with Gasteiger partial charge < -0.3 is 4.55 Å². The van der Waals surface area contributed by atoms with Crippen LogP contribution in [-0.2, 0) is 17.7 Å². The van der Waals surface area contributed by atoms with E-state index in [1.165, 1.54) is 18.2 Å². The number of nitrogens with one attached hydrogen (secondary N) is 1. The lowest BCUT2D eigenvalue weighted by atomic mass is 10.2. The van der Waals surface area contributed by atoms with Crippen molar-refractivity contribution in [2.24, 2.45) is 0 Å². The minimum Gasteiger partial charge on any atom is -0.759 e. The van der Waals surface area contributed by atoms with E-state index in [9.17, 15) is 17.5 Å². The third-order valence-corrected chi connectivity index (χ3v) is 2.83. The van der Waals surface area contributed by atoms with E-state index in [-0.39, 0.29) is 15.7 Å². The van der Waals surface area contributed by atoms with Crippen molar-refractivity contribution in [2.75, 3.05) is 5.01 Å². The molecule has 0 radical (unpaired) electrons. The van der Waals surface area contributed by atoms with Crippen LogP contribution in [0.25, 0.3) is 0 Å². The maximum atomic E-state index is 13.5. The molecule has 4 nitrogen and oxygen atoms in total. The van der Waals surface area contributed by atoms with Crippen molar-refractivity contribution in [1.82, 2.24) is 4.83 Å². The molecule has 1 aromatic carbocycles. The Bertz CT molecular complexity index is 458. The van der Waals surface area contributed by atoms with E-state index < -0.39 is 23.7 Å². The largest absolute Gasteiger partial charge is 0.759 e. The summed E-state index contributed by atoms with van der Waals surface area (Å²) in [6.45, 7) is 0. The average molecular weight is 268 g/mol. The zero-order chi connectivity index (χ0) is 11.9. The van der Waals surface area contributed by atoms with Gasteiger partial charge in [0.15, 0.2) is 0 Å². The van der Waals surface area contributed by atoms with Crippen LogP contribution in [0.1, 0.15) is 5.56 Å². The van der Waals surface area contributed by atoms with Gasteiger partial charge in [0.2, 0.25) is 0 Å². The number of benzene rings is 1. The summed E-state index contributed by atoms with van der Waals surface area (Å²) in [5, 5.41) is 0.348. The molecule has 1 unspecified atom stereocenters. The summed E-state index contributed by atoms with van der Waals surface area (Å²) in [6.07, 6.45) is -0.576. The highest BCUT2D eigenvalue weighted by molar-refractivity contribution is 7.77. The number of halogens is 3. The van der Waals surface area contributed by atoms with Crippen LogP contribution in [-0.4, -0.2) is 14.8 Å². The summed E-state index contributed by atoms with van der Waals surface area (Å²) in [5.41, 5.74) is 0.300. The first-order chi connectivity index (χ1) is 7.42. The molecular formula is C8H6ClF2N2O2S-. The molecule has 0 amide bonds. The number of nitrogens with zero attached hydrogens (tertiary/aromatic N) is 1. The first-order valence-electron chi connectivity index (χ1n) is 4.23. The van der Waals surface area contributed by atoms with E-state index in [1.807, 2.05) is 0 Å². The maximum Gasteiger partial charge on any atom is 0.343 e. The number of hydrazine groups is 1. The van der Waals surface area contributed by atoms with Gasteiger partial charge in [-0.25, -0.2) is 5.01 Å². The smallest absolute Gasteiger partial charge is 0.343 e. The molecule has 0 aliphatic carbocycles. The molecule has 1 atom stereocenters. The number of alkyl halides is 2. The molecule has 0 bridgehead atoms. The Morgan fingerprint density at radius 1 is 1.56 bits per heavy atom. The van der Waals surface area contributed by atoms with E-state index in [4.69, 9.17) is 11.6 Å². The average Bonchev–Trinajstić information content (AvgIpc) is 2.38. The van der Waals surface area contributed by atoms with Crippen molar-refractivity contribution in [2.45, 2.75) is 12.5 Å². The van der Waals surface area contributed by atoms with Crippen LogP contribution in [0.15, 0.2) is 18.2 Å². The molecule has 1 N–H and O–H groups in total. The van der Waals surface area contributed by atoms with Gasteiger partial charge in [-0.15, -0.1) is 0 Å². The number of para-hydroxylation sites is 1. The molecule has 0 fully saturated rings. The van der Waals surface area contributed by atoms with Crippen molar-refractivity contribution in [3.8, 4) is 0 Å². The summed E-state index contributed by atoms with van der Waals surface area (Å²) in [7, 11) is 0. The minimum absolute atomic E-state index is 0.00151. The van der Waals surface area contributed by atoms with Crippen molar-refractivity contribution >= 4 is 28.6 Å². The number of fused-ring (bicyclic) bond motifs is 1. The van der Waals surface area contributed by atoms with E-state index in [0.717, 1.165) is 0 Å². The molecular weight excluding hydrogens is 262 g/mol. The molecule has 0 spiro atoms. The SMILES string of the molecule is O=S([O-])NN1c2c(Cl)cccc2CC1(F)F. The highest BCUT2D eigenvalue weighted by atomic mass is 35.5. The molecule has 1 aliphatic rings. The third kappa shape index (κ3) is 1.91. The third-order valence-electron chi connectivity index (χ3n) is 2.19. The minimum atomic E-state index is -3.31. The number of hydrogen-bond acceptors (Lipinski definition) is 3. The fourth-order valence-electron chi connectivity index (χ4n) is 1.61. The number of anilines is 1. The molecule has 0 saturated carbocycles. The highest BCUT2D eigenvalue weighted by Crippen LogP contribution is 2.43. The quantitative estimate of drug-likeness (QED) is 0.654. The highest BCUT2D eigenvalue weighted by Gasteiger charge is 2.46. The van der Waals surface area contributed by atoms with E-state index >= 15 is 0 Å². The van der Waals surface area contributed by atoms with Crippen molar-refractivity contribution in [1.29, 1.82) is 0 Å². The van der Waals surface area contributed by atoms with Gasteiger partial charge in [0.25, 0.3) is 0 Å². The second-order valence-corrected chi connectivity index (χ2v) is 4.31. The fourth-order valence-corrected chi connectivity index (χ4v) is 2.26. The van der Waals surface area contributed by atoms with Crippen LogP contribution < -0.4 is 9.84 Å². The van der Waals surface area contributed by atoms with Crippen LogP contribution in [0.5, 0.6) is 0 Å². The van der Waals surface area contributed by atoms with Crippen molar-refractivity contribution < 1.29 is 17.5 Å². The Hall–Kier alpha value is -0.760. The van der Waals surface area contributed by atoms with Gasteiger partial charge in [0.1, 0.15) is 0 Å². The van der Waals surface area contributed by atoms with Gasteiger partial charge in [0, 0.05) is 11.3 Å². The number of hydrogen-bond donors (Lipinski definition) is 1. The monoisotopic (exact) mass is 267 g/mol. The summed E-state index contributed by atoms with van der Waals surface area (Å²) < 4.78 is 47.8. The predicted octanol–water partition coefficient (Wildman–Crippen LogP) is 1.59. The first kappa shape index (κ1) is 11.7. The molecule has 0 aromatic heterocycles. The lowest BCUT2D eigenvalue weighted by molar-refractivity contribution is 0.00292. The van der Waals surface area contributed by atoms with Gasteiger partial charge in [-0.3, -0.25) is 4.21 Å². The van der Waals surface area contributed by atoms with Crippen LogP contribution in [0.2, 0.25) is 5.02 Å². The Labute approximate surface area is 97.6 Å². The lowest BCUT2D eigenvalue weighted by Crippen LogP contribution is -2.49. The molecule has 1 aliphatic heterocycles. The van der Waals surface area contributed by atoms with Crippen molar-refractivity contribution in [3.63, 3.8) is 0 Å². The zero-order valence-corrected chi connectivity index (χ0v) is 9.32. The summed E-state index contributed by atoms with van der Waals surface area (Å²) >= 11 is 2.93. The summed E-state index contributed by atoms with van der Waals surface area (Å²) in [6, 6.07) is 1.12. The Morgan fingerprint density at radius 3 is 2.88 bits per heavy atom. The molecule has 0 saturated heterocycles. The lowest BCUT2D eigenvalue weighted by Gasteiger charge is -2.28. The molecule has 2 rings (SSSR count). The predicted molar refractivity (Wildman–Crippen MR) is 54.6 cm³/mol.